The number of aliphatic hydroxyl groups is 1. The van der Waals surface area contributed by atoms with Gasteiger partial charge in [0.1, 0.15) is 13.3 Å². The third-order valence-corrected chi connectivity index (χ3v) is 1.95. The lowest BCUT2D eigenvalue weighted by atomic mass is 10.2. The second-order valence-corrected chi connectivity index (χ2v) is 3.13. The summed E-state index contributed by atoms with van der Waals surface area (Å²) in [5.74, 6) is -0.555. The predicted octanol–water partition coefficient (Wildman–Crippen LogP) is 1.12. The van der Waals surface area contributed by atoms with Crippen molar-refractivity contribution in [2.45, 2.75) is 13.5 Å². The van der Waals surface area contributed by atoms with Gasteiger partial charge in [-0.1, -0.05) is 30.3 Å². The molecule has 0 aliphatic carbocycles. The van der Waals surface area contributed by atoms with Crippen LogP contribution in [0.2, 0.25) is 0 Å². The van der Waals surface area contributed by atoms with Crippen LogP contribution < -0.4 is 0 Å². The smallest absolute Gasteiger partial charge is 0.418 e. The average Bonchev–Trinajstić information content (AvgIpc) is 2.28. The van der Waals surface area contributed by atoms with E-state index in [1.807, 2.05) is 18.2 Å². The van der Waals surface area contributed by atoms with E-state index in [2.05, 4.69) is 0 Å². The van der Waals surface area contributed by atoms with E-state index < -0.39 is 18.7 Å². The molecule has 0 unspecified atom stereocenters. The number of carbonyl (C=O) groups excluding carboxylic acids is 2. The van der Waals surface area contributed by atoms with Gasteiger partial charge in [-0.3, -0.25) is 4.79 Å². The minimum Gasteiger partial charge on any atom is -0.444 e. The van der Waals surface area contributed by atoms with Crippen molar-refractivity contribution in [2.24, 2.45) is 0 Å². The molecule has 0 radical (unpaired) electrons. The molecule has 0 saturated carbocycles. The number of carbonyl (C=O) groups is 2. The van der Waals surface area contributed by atoms with Gasteiger partial charge in [-0.15, -0.1) is 0 Å². The summed E-state index contributed by atoms with van der Waals surface area (Å²) in [6, 6.07) is 9.07. The summed E-state index contributed by atoms with van der Waals surface area (Å²) in [6.07, 6.45) is -0.848. The van der Waals surface area contributed by atoms with Crippen molar-refractivity contribution in [2.75, 3.05) is 6.73 Å². The molecule has 5 heteroatoms. The van der Waals surface area contributed by atoms with Crippen molar-refractivity contribution in [1.82, 2.24) is 4.90 Å². The first kappa shape index (κ1) is 12.2. The lowest BCUT2D eigenvalue weighted by molar-refractivity contribution is -0.130. The van der Waals surface area contributed by atoms with Crippen LogP contribution in [-0.4, -0.2) is 28.7 Å². The molecular formula is C11H13NO4. The second kappa shape index (κ2) is 5.87. The van der Waals surface area contributed by atoms with Crippen LogP contribution in [0.1, 0.15) is 12.5 Å². The van der Waals surface area contributed by atoms with Crippen LogP contribution in [-0.2, 0) is 16.1 Å². The van der Waals surface area contributed by atoms with Crippen molar-refractivity contribution < 1.29 is 19.4 Å². The Morgan fingerprint density at radius 2 is 1.94 bits per heavy atom. The normalized spacial score (nSPS) is 9.62. The number of imide groups is 1. The first-order chi connectivity index (χ1) is 7.65. The van der Waals surface area contributed by atoms with Crippen LogP contribution in [0.25, 0.3) is 0 Å². The van der Waals surface area contributed by atoms with Gasteiger partial charge in [0.2, 0.25) is 5.91 Å². The van der Waals surface area contributed by atoms with Gasteiger partial charge in [-0.2, -0.15) is 0 Å². The average molecular weight is 223 g/mol. The molecule has 0 atom stereocenters. The van der Waals surface area contributed by atoms with E-state index in [0.29, 0.717) is 4.90 Å². The molecule has 5 nitrogen and oxygen atoms in total. The Kier molecular flexibility index (Phi) is 4.47. The van der Waals surface area contributed by atoms with E-state index in [-0.39, 0.29) is 6.61 Å². The zero-order valence-corrected chi connectivity index (χ0v) is 8.92. The van der Waals surface area contributed by atoms with E-state index in [1.165, 1.54) is 6.92 Å². The highest BCUT2D eigenvalue weighted by molar-refractivity contribution is 5.90. The van der Waals surface area contributed by atoms with Gasteiger partial charge >= 0.3 is 6.09 Å². The molecule has 0 heterocycles. The first-order valence-electron chi connectivity index (χ1n) is 4.74. The van der Waals surface area contributed by atoms with Crippen LogP contribution in [0.4, 0.5) is 4.79 Å². The maximum Gasteiger partial charge on any atom is 0.418 e. The SMILES string of the molecule is CC(=O)N(CO)C(=O)OCc1ccccc1. The number of benzene rings is 1. The number of rotatable bonds is 3. The van der Waals surface area contributed by atoms with Gasteiger partial charge in [0, 0.05) is 6.92 Å². The van der Waals surface area contributed by atoms with Gasteiger partial charge in [0.25, 0.3) is 0 Å². The van der Waals surface area contributed by atoms with Gasteiger partial charge in [0.05, 0.1) is 0 Å². The van der Waals surface area contributed by atoms with E-state index in [0.717, 1.165) is 5.56 Å². The van der Waals surface area contributed by atoms with Crippen molar-refractivity contribution in [1.29, 1.82) is 0 Å². The number of ether oxygens (including phenoxy) is 1. The third-order valence-electron chi connectivity index (χ3n) is 1.95. The quantitative estimate of drug-likeness (QED) is 0.780. The monoisotopic (exact) mass is 223 g/mol. The van der Waals surface area contributed by atoms with Crippen LogP contribution in [0.5, 0.6) is 0 Å². The zero-order valence-electron chi connectivity index (χ0n) is 8.92. The molecule has 0 aliphatic rings. The number of hydrogen-bond acceptors (Lipinski definition) is 4. The summed E-state index contributed by atoms with van der Waals surface area (Å²) in [5.41, 5.74) is 0.817. The molecule has 0 fully saturated rings. The van der Waals surface area contributed by atoms with E-state index >= 15 is 0 Å². The molecule has 1 aromatic rings. The summed E-state index contributed by atoms with van der Waals surface area (Å²) in [6.45, 7) is 0.576. The highest BCUT2D eigenvalue weighted by atomic mass is 16.6. The topological polar surface area (TPSA) is 66.8 Å². The lowest BCUT2D eigenvalue weighted by Gasteiger charge is -2.15. The molecule has 0 saturated heterocycles. The molecule has 0 spiro atoms. The summed E-state index contributed by atoms with van der Waals surface area (Å²) in [4.78, 5) is 22.8. The number of nitrogens with zero attached hydrogens (tertiary/aromatic N) is 1. The molecule has 1 rings (SSSR count). The maximum absolute atomic E-state index is 11.3. The third kappa shape index (κ3) is 3.36. The van der Waals surface area contributed by atoms with Gasteiger partial charge in [-0.25, -0.2) is 9.69 Å². The van der Waals surface area contributed by atoms with Crippen molar-refractivity contribution in [3.05, 3.63) is 35.9 Å². The Balaban J connectivity index is 2.49. The predicted molar refractivity (Wildman–Crippen MR) is 56.2 cm³/mol. The van der Waals surface area contributed by atoms with Crippen LogP contribution >= 0.6 is 0 Å². The standard InChI is InChI=1S/C11H13NO4/c1-9(14)12(8-13)11(15)16-7-10-5-3-2-4-6-10/h2-6,13H,7-8H2,1H3. The number of amides is 2. The first-order valence-corrected chi connectivity index (χ1v) is 4.74. The Morgan fingerprint density at radius 3 is 2.44 bits per heavy atom. The van der Waals surface area contributed by atoms with Crippen molar-refractivity contribution >= 4 is 12.0 Å². The Bertz CT molecular complexity index is 364. The van der Waals surface area contributed by atoms with Crippen molar-refractivity contribution in [3.63, 3.8) is 0 Å². The molecule has 0 aliphatic heterocycles. The molecular weight excluding hydrogens is 210 g/mol. The Hall–Kier alpha value is -1.88. The van der Waals surface area contributed by atoms with E-state index in [4.69, 9.17) is 9.84 Å². The Morgan fingerprint density at radius 1 is 1.31 bits per heavy atom. The summed E-state index contributed by atoms with van der Waals surface area (Å²) >= 11 is 0. The largest absolute Gasteiger partial charge is 0.444 e. The summed E-state index contributed by atoms with van der Waals surface area (Å²) in [7, 11) is 0. The van der Waals surface area contributed by atoms with Gasteiger partial charge < -0.3 is 9.84 Å². The molecule has 0 bridgehead atoms. The summed E-state index contributed by atoms with van der Waals surface area (Å²) < 4.78 is 4.85. The van der Waals surface area contributed by atoms with Crippen LogP contribution in [0.3, 0.4) is 0 Å². The fourth-order valence-electron chi connectivity index (χ4n) is 1.08. The van der Waals surface area contributed by atoms with Gasteiger partial charge in [-0.05, 0) is 5.56 Å². The molecule has 1 aromatic carbocycles. The number of aliphatic hydroxyl groups excluding tert-OH is 1. The minimum absolute atomic E-state index is 0.0729. The summed E-state index contributed by atoms with van der Waals surface area (Å²) in [5, 5.41) is 8.77. The molecule has 16 heavy (non-hydrogen) atoms. The Labute approximate surface area is 93.2 Å². The van der Waals surface area contributed by atoms with Gasteiger partial charge in [0.15, 0.2) is 0 Å². The van der Waals surface area contributed by atoms with Crippen LogP contribution in [0, 0.1) is 0 Å². The van der Waals surface area contributed by atoms with Crippen LogP contribution in [0.15, 0.2) is 30.3 Å². The zero-order chi connectivity index (χ0) is 12.0. The molecule has 0 aromatic heterocycles. The maximum atomic E-state index is 11.3. The fourth-order valence-corrected chi connectivity index (χ4v) is 1.08. The molecule has 2 amide bonds. The minimum atomic E-state index is -0.848. The van der Waals surface area contributed by atoms with E-state index in [9.17, 15) is 9.59 Å². The molecule has 86 valence electrons. The van der Waals surface area contributed by atoms with Crippen molar-refractivity contribution in [3.8, 4) is 0 Å². The highest BCUT2D eigenvalue weighted by Gasteiger charge is 2.17. The lowest BCUT2D eigenvalue weighted by Crippen LogP contribution is -2.36. The highest BCUT2D eigenvalue weighted by Crippen LogP contribution is 2.03. The molecule has 1 N–H and O–H groups in total. The second-order valence-electron chi connectivity index (χ2n) is 3.13. The fraction of sp³-hybridized carbons (Fsp3) is 0.273. The van der Waals surface area contributed by atoms with E-state index in [1.54, 1.807) is 12.1 Å². The number of hydrogen-bond donors (Lipinski definition) is 1.